The van der Waals surface area contributed by atoms with Crippen LogP contribution in [0, 0.1) is 5.92 Å². The first-order valence-electron chi connectivity index (χ1n) is 12.2. The second-order valence-electron chi connectivity index (χ2n) is 9.25. The van der Waals surface area contributed by atoms with Crippen LogP contribution in [0.4, 0.5) is 23.3 Å². The lowest BCUT2D eigenvalue weighted by molar-refractivity contribution is 0.379. The van der Waals surface area contributed by atoms with Gasteiger partial charge in [0.15, 0.2) is 0 Å². The van der Waals surface area contributed by atoms with Crippen LogP contribution in [-0.2, 0) is 0 Å². The Labute approximate surface area is 200 Å². The van der Waals surface area contributed by atoms with Crippen LogP contribution in [0.1, 0.15) is 36.4 Å². The Kier molecular flexibility index (Phi) is 5.49. The Hall–Kier alpha value is -3.68. The zero-order chi connectivity index (χ0) is 22.9. The summed E-state index contributed by atoms with van der Waals surface area (Å²) in [7, 11) is 1.89. The highest BCUT2D eigenvalue weighted by atomic mass is 15.3. The van der Waals surface area contributed by atoms with Gasteiger partial charge in [-0.15, -0.1) is 0 Å². The lowest BCUT2D eigenvalue weighted by atomic mass is 10.1. The number of aromatic nitrogens is 3. The van der Waals surface area contributed by atoms with Crippen LogP contribution in [0.25, 0.3) is 6.08 Å². The highest BCUT2D eigenvalue weighted by Gasteiger charge is 2.40. The van der Waals surface area contributed by atoms with E-state index in [1.54, 1.807) is 0 Å². The molecule has 2 aliphatic heterocycles. The normalized spacial score (nSPS) is 22.9. The molecular weight excluding hydrogens is 424 g/mol. The number of anilines is 4. The number of fused-ring (bicyclic) bond motifs is 3. The summed E-state index contributed by atoms with van der Waals surface area (Å²) in [4.78, 5) is 23.6. The van der Waals surface area contributed by atoms with Crippen LogP contribution in [0.3, 0.4) is 0 Å². The number of amidine groups is 1. The van der Waals surface area contributed by atoms with E-state index in [0.717, 1.165) is 67.6 Å². The molecule has 4 heterocycles. The molecule has 2 unspecified atom stereocenters. The average molecular weight is 455 g/mol. The van der Waals surface area contributed by atoms with E-state index in [0.29, 0.717) is 5.92 Å². The van der Waals surface area contributed by atoms with Crippen LogP contribution in [0.15, 0.2) is 53.8 Å². The number of hydrogen-bond donors (Lipinski definition) is 2. The van der Waals surface area contributed by atoms with Gasteiger partial charge < -0.3 is 20.4 Å². The molecule has 8 nitrogen and oxygen atoms in total. The highest BCUT2D eigenvalue weighted by Crippen LogP contribution is 2.51. The molecule has 0 radical (unpaired) electrons. The molecular formula is C26H30N8. The Morgan fingerprint density at radius 2 is 1.82 bits per heavy atom. The summed E-state index contributed by atoms with van der Waals surface area (Å²) in [6.45, 7) is 3.51. The van der Waals surface area contributed by atoms with Crippen LogP contribution in [-0.4, -0.2) is 58.9 Å². The smallest absolute Gasteiger partial charge is 0.229 e. The number of pyridine rings is 1. The van der Waals surface area contributed by atoms with Gasteiger partial charge in [-0.25, -0.2) is 4.99 Å². The van der Waals surface area contributed by atoms with Gasteiger partial charge in [-0.3, -0.25) is 4.98 Å². The molecule has 2 aromatic heterocycles. The standard InChI is InChI=1S/C26H30N8/c1-27-22-16-23(30-20-14-19-7-5-6-18-15-21(18)25(19)29-17-20)32-26(31-22)34-12-10-33(11-13-34)24-8-3-2-4-9-28-24/h2-5,7,9,14,16-18,21H,6,8,10-13,15H2,1H3,(H2,27,30,31,32). The van der Waals surface area contributed by atoms with Gasteiger partial charge in [-0.2, -0.15) is 9.97 Å². The molecule has 1 saturated heterocycles. The van der Waals surface area contributed by atoms with Crippen molar-refractivity contribution in [2.75, 3.05) is 48.8 Å². The molecule has 2 aromatic rings. The number of nitrogens with zero attached hydrogens (tertiary/aromatic N) is 6. The van der Waals surface area contributed by atoms with Crippen molar-refractivity contribution < 1.29 is 0 Å². The van der Waals surface area contributed by atoms with Crippen LogP contribution in [0.5, 0.6) is 0 Å². The second-order valence-corrected chi connectivity index (χ2v) is 9.25. The third kappa shape index (κ3) is 4.27. The summed E-state index contributed by atoms with van der Waals surface area (Å²) in [6, 6.07) is 4.13. The number of aliphatic imine (C=N–C) groups is 1. The monoisotopic (exact) mass is 454 g/mol. The van der Waals surface area contributed by atoms with Crippen LogP contribution in [0.2, 0.25) is 0 Å². The van der Waals surface area contributed by atoms with Gasteiger partial charge in [0.2, 0.25) is 5.95 Å². The fourth-order valence-corrected chi connectivity index (χ4v) is 4.99. The predicted molar refractivity (Wildman–Crippen MR) is 138 cm³/mol. The first-order chi connectivity index (χ1) is 16.8. The van der Waals surface area contributed by atoms with E-state index in [1.807, 2.05) is 31.6 Å². The Morgan fingerprint density at radius 3 is 2.71 bits per heavy atom. The van der Waals surface area contributed by atoms with Crippen LogP contribution >= 0.6 is 0 Å². The molecule has 0 amide bonds. The SMILES string of the molecule is CNc1cc(Nc2cnc3c(c2)C=CCC2CC32)nc(N2CCN(C3=NC=CC=CC3)CC2)n1. The van der Waals surface area contributed by atoms with Crippen molar-refractivity contribution >= 4 is 35.2 Å². The molecule has 0 aromatic carbocycles. The van der Waals surface area contributed by atoms with E-state index in [-0.39, 0.29) is 0 Å². The van der Waals surface area contributed by atoms with Crippen molar-refractivity contribution in [2.24, 2.45) is 10.9 Å². The molecule has 4 aliphatic rings. The van der Waals surface area contributed by atoms with Crippen molar-refractivity contribution in [1.82, 2.24) is 19.9 Å². The van der Waals surface area contributed by atoms with E-state index >= 15 is 0 Å². The number of piperazine rings is 1. The minimum atomic E-state index is 0.634. The molecule has 6 rings (SSSR count). The molecule has 8 heteroatoms. The molecule has 2 atom stereocenters. The molecule has 34 heavy (non-hydrogen) atoms. The fourth-order valence-electron chi connectivity index (χ4n) is 4.99. The maximum absolute atomic E-state index is 4.85. The highest BCUT2D eigenvalue weighted by molar-refractivity contribution is 5.85. The third-order valence-electron chi connectivity index (χ3n) is 6.99. The Morgan fingerprint density at radius 1 is 0.971 bits per heavy atom. The van der Waals surface area contributed by atoms with Crippen molar-refractivity contribution in [3.05, 3.63) is 60.1 Å². The van der Waals surface area contributed by atoms with Gasteiger partial charge in [-0.05, 0) is 36.5 Å². The number of hydrogen-bond acceptors (Lipinski definition) is 8. The van der Waals surface area contributed by atoms with Crippen molar-refractivity contribution in [3.63, 3.8) is 0 Å². The van der Waals surface area contributed by atoms with E-state index in [2.05, 4.69) is 55.8 Å². The minimum absolute atomic E-state index is 0.634. The van der Waals surface area contributed by atoms with E-state index < -0.39 is 0 Å². The summed E-state index contributed by atoms with van der Waals surface area (Å²) in [5, 5.41) is 6.65. The molecule has 2 fully saturated rings. The molecule has 174 valence electrons. The van der Waals surface area contributed by atoms with Crippen molar-refractivity contribution in [2.45, 2.75) is 25.2 Å². The fraction of sp³-hybridized carbons (Fsp3) is 0.385. The first kappa shape index (κ1) is 20.9. The summed E-state index contributed by atoms with van der Waals surface area (Å²) in [5.74, 6) is 4.84. The van der Waals surface area contributed by atoms with Crippen LogP contribution < -0.4 is 15.5 Å². The maximum atomic E-state index is 4.85. The molecule has 0 bridgehead atoms. The quantitative estimate of drug-likeness (QED) is 0.717. The summed E-state index contributed by atoms with van der Waals surface area (Å²) >= 11 is 0. The van der Waals surface area contributed by atoms with Gasteiger partial charge in [0, 0.05) is 57.8 Å². The van der Waals surface area contributed by atoms with Gasteiger partial charge in [-0.1, -0.05) is 24.3 Å². The van der Waals surface area contributed by atoms with Crippen molar-refractivity contribution in [3.8, 4) is 0 Å². The summed E-state index contributed by atoms with van der Waals surface area (Å²) in [6.07, 6.45) is 17.8. The minimum Gasteiger partial charge on any atom is -0.373 e. The maximum Gasteiger partial charge on any atom is 0.229 e. The van der Waals surface area contributed by atoms with Gasteiger partial charge in [0.05, 0.1) is 17.6 Å². The second kappa shape index (κ2) is 8.93. The lowest BCUT2D eigenvalue weighted by Crippen LogP contribution is -2.49. The number of nitrogens with one attached hydrogen (secondary N) is 2. The van der Waals surface area contributed by atoms with Gasteiger partial charge in [0.1, 0.15) is 17.5 Å². The number of allylic oxidation sites excluding steroid dienone is 3. The van der Waals surface area contributed by atoms with E-state index in [4.69, 9.17) is 15.0 Å². The zero-order valence-electron chi connectivity index (χ0n) is 19.5. The third-order valence-corrected chi connectivity index (χ3v) is 6.99. The molecule has 1 saturated carbocycles. The Bertz CT molecular complexity index is 1190. The number of rotatable bonds is 4. The van der Waals surface area contributed by atoms with Gasteiger partial charge >= 0.3 is 0 Å². The molecule has 0 spiro atoms. The van der Waals surface area contributed by atoms with Crippen molar-refractivity contribution in [1.29, 1.82) is 0 Å². The van der Waals surface area contributed by atoms with E-state index in [9.17, 15) is 0 Å². The molecule has 2 N–H and O–H groups in total. The first-order valence-corrected chi connectivity index (χ1v) is 12.2. The summed E-state index contributed by atoms with van der Waals surface area (Å²) < 4.78 is 0. The summed E-state index contributed by atoms with van der Waals surface area (Å²) in [5.41, 5.74) is 3.41. The Balaban J connectivity index is 1.18. The topological polar surface area (TPSA) is 81.6 Å². The molecule has 2 aliphatic carbocycles. The predicted octanol–water partition coefficient (Wildman–Crippen LogP) is 4.17. The average Bonchev–Trinajstić information content (AvgIpc) is 3.68. The van der Waals surface area contributed by atoms with E-state index in [1.165, 1.54) is 24.1 Å². The zero-order valence-corrected chi connectivity index (χ0v) is 19.5. The largest absolute Gasteiger partial charge is 0.373 e. The van der Waals surface area contributed by atoms with Gasteiger partial charge in [0.25, 0.3) is 0 Å². The lowest BCUT2D eigenvalue weighted by Gasteiger charge is -2.36.